The van der Waals surface area contributed by atoms with E-state index in [9.17, 15) is 23.1 Å². The molecule has 0 aromatic carbocycles. The van der Waals surface area contributed by atoms with Crippen LogP contribution in [0.3, 0.4) is 0 Å². The smallest absolute Gasteiger partial charge is 0.390 e. The van der Waals surface area contributed by atoms with Gasteiger partial charge in [-0.05, 0) is 70.4 Å². The summed E-state index contributed by atoms with van der Waals surface area (Å²) in [7, 11) is 0. The minimum absolute atomic E-state index is 0.0380. The Labute approximate surface area is 174 Å². The van der Waals surface area contributed by atoms with Gasteiger partial charge in [-0.15, -0.1) is 0 Å². The van der Waals surface area contributed by atoms with Gasteiger partial charge in [-0.3, -0.25) is 9.78 Å². The Morgan fingerprint density at radius 2 is 1.77 bits per heavy atom. The Kier molecular flexibility index (Phi) is 4.35. The first-order valence-corrected chi connectivity index (χ1v) is 11.1. The van der Waals surface area contributed by atoms with Crippen LogP contribution >= 0.6 is 0 Å². The van der Waals surface area contributed by atoms with Crippen LogP contribution in [-0.2, 0) is 10.2 Å². The zero-order valence-corrected chi connectivity index (χ0v) is 17.3. The first-order valence-electron chi connectivity index (χ1n) is 11.1. The van der Waals surface area contributed by atoms with Gasteiger partial charge in [0.2, 0.25) is 5.91 Å². The van der Waals surface area contributed by atoms with Gasteiger partial charge in [0.25, 0.3) is 0 Å². The van der Waals surface area contributed by atoms with Crippen molar-refractivity contribution in [2.75, 3.05) is 13.1 Å². The molecule has 7 heteroatoms. The van der Waals surface area contributed by atoms with E-state index in [0.29, 0.717) is 12.8 Å². The molecule has 164 valence electrons. The number of alkyl halides is 3. The van der Waals surface area contributed by atoms with E-state index in [1.807, 2.05) is 11.0 Å². The van der Waals surface area contributed by atoms with Crippen molar-refractivity contribution in [3.63, 3.8) is 0 Å². The summed E-state index contributed by atoms with van der Waals surface area (Å²) in [4.78, 5) is 18.9. The number of hydrogen-bond donors (Lipinski definition) is 1. The lowest BCUT2D eigenvalue weighted by Gasteiger charge is -2.55. The largest absolute Gasteiger partial charge is 0.399 e. The van der Waals surface area contributed by atoms with Gasteiger partial charge < -0.3 is 10.0 Å². The van der Waals surface area contributed by atoms with E-state index >= 15 is 0 Å². The van der Waals surface area contributed by atoms with Crippen molar-refractivity contribution in [2.45, 2.75) is 81.4 Å². The second-order valence-corrected chi connectivity index (χ2v) is 10.6. The van der Waals surface area contributed by atoms with E-state index in [0.717, 1.165) is 44.5 Å². The van der Waals surface area contributed by atoms with Crippen molar-refractivity contribution in [1.29, 1.82) is 0 Å². The summed E-state index contributed by atoms with van der Waals surface area (Å²) in [5, 5.41) is 9.86. The first-order chi connectivity index (χ1) is 14.0. The minimum atomic E-state index is -4.23. The summed E-state index contributed by atoms with van der Waals surface area (Å²) < 4.78 is 40.4. The van der Waals surface area contributed by atoms with Gasteiger partial charge in [0.1, 0.15) is 5.41 Å². The quantitative estimate of drug-likeness (QED) is 0.789. The maximum atomic E-state index is 13.5. The second kappa shape index (κ2) is 6.44. The van der Waals surface area contributed by atoms with Crippen LogP contribution in [0.1, 0.15) is 75.6 Å². The number of likely N-dealkylation sites (tertiary alicyclic amines) is 1. The highest BCUT2D eigenvalue weighted by Crippen LogP contribution is 2.58. The van der Waals surface area contributed by atoms with E-state index in [1.54, 1.807) is 13.0 Å². The third-order valence-electron chi connectivity index (χ3n) is 8.10. The third kappa shape index (κ3) is 3.24. The van der Waals surface area contributed by atoms with Crippen LogP contribution in [0.15, 0.2) is 18.2 Å². The molecule has 3 saturated carbocycles. The molecule has 0 unspecified atom stereocenters. The number of carbonyl (C=O) groups excluding carboxylic acids is 1. The monoisotopic (exact) mass is 422 g/mol. The van der Waals surface area contributed by atoms with Crippen molar-refractivity contribution in [3.8, 4) is 0 Å². The van der Waals surface area contributed by atoms with Gasteiger partial charge in [-0.2, -0.15) is 13.2 Å². The van der Waals surface area contributed by atoms with Crippen molar-refractivity contribution in [2.24, 2.45) is 11.3 Å². The number of halogens is 3. The fraction of sp³-hybridized carbons (Fsp3) is 0.739. The summed E-state index contributed by atoms with van der Waals surface area (Å²) >= 11 is 0. The number of pyridine rings is 1. The molecule has 30 heavy (non-hydrogen) atoms. The summed E-state index contributed by atoms with van der Waals surface area (Å²) in [6.07, 6.45) is 0.955. The molecule has 4 nitrogen and oxygen atoms in total. The minimum Gasteiger partial charge on any atom is -0.390 e. The highest BCUT2D eigenvalue weighted by atomic mass is 19.4. The van der Waals surface area contributed by atoms with Crippen molar-refractivity contribution >= 4 is 5.91 Å². The number of aliphatic hydroxyl groups is 1. The molecule has 1 N–H and O–H groups in total. The molecule has 1 amide bonds. The van der Waals surface area contributed by atoms with Gasteiger partial charge in [0, 0.05) is 36.0 Å². The number of aromatic nitrogens is 1. The Hall–Kier alpha value is -1.63. The van der Waals surface area contributed by atoms with Crippen LogP contribution < -0.4 is 0 Å². The molecule has 3 aliphatic carbocycles. The Bertz CT molecular complexity index is 838. The predicted octanol–water partition coefficient (Wildman–Crippen LogP) is 4.32. The molecule has 2 heterocycles. The number of rotatable bonds is 3. The van der Waals surface area contributed by atoms with Gasteiger partial charge in [0.05, 0.1) is 11.3 Å². The number of nitrogens with zero attached hydrogens (tertiary/aromatic N) is 2. The SMILES string of the molecule is C[C@]1(O)C[C@@H](C(=O)N2CC3(CCC(c4cccc(C5(C(F)(F)F)CC5)n4)CC3)C2)C1. The fourth-order valence-electron chi connectivity index (χ4n) is 5.95. The second-order valence-electron chi connectivity index (χ2n) is 10.6. The molecule has 0 atom stereocenters. The molecule has 4 fully saturated rings. The lowest BCUT2D eigenvalue weighted by atomic mass is 9.64. The molecule has 0 bridgehead atoms. The maximum Gasteiger partial charge on any atom is 0.399 e. The number of amides is 1. The molecule has 1 spiro atoms. The Morgan fingerprint density at radius 1 is 1.13 bits per heavy atom. The molecule has 5 rings (SSSR count). The van der Waals surface area contributed by atoms with E-state index in [1.165, 1.54) is 6.07 Å². The van der Waals surface area contributed by atoms with E-state index in [2.05, 4.69) is 4.98 Å². The molecule has 1 aromatic rings. The van der Waals surface area contributed by atoms with Crippen LogP contribution in [0, 0.1) is 11.3 Å². The predicted molar refractivity (Wildman–Crippen MR) is 105 cm³/mol. The summed E-state index contributed by atoms with van der Waals surface area (Å²) in [6.45, 7) is 3.34. The molecule has 4 aliphatic rings. The zero-order chi connectivity index (χ0) is 21.4. The molecule has 1 saturated heterocycles. The van der Waals surface area contributed by atoms with Crippen LogP contribution in [0.4, 0.5) is 13.2 Å². The molecular weight excluding hydrogens is 393 g/mol. The molecular formula is C23H29F3N2O2. The van der Waals surface area contributed by atoms with Crippen molar-refractivity contribution < 1.29 is 23.1 Å². The van der Waals surface area contributed by atoms with Gasteiger partial charge in [-0.1, -0.05) is 6.07 Å². The van der Waals surface area contributed by atoms with E-state index in [-0.39, 0.29) is 41.7 Å². The highest BCUT2D eigenvalue weighted by Gasteiger charge is 2.65. The van der Waals surface area contributed by atoms with E-state index in [4.69, 9.17) is 0 Å². The third-order valence-corrected chi connectivity index (χ3v) is 8.10. The summed E-state index contributed by atoms with van der Waals surface area (Å²) in [5.74, 6) is 0.334. The van der Waals surface area contributed by atoms with Crippen LogP contribution in [-0.4, -0.2) is 45.8 Å². The number of hydrogen-bond acceptors (Lipinski definition) is 3. The lowest BCUT2D eigenvalue weighted by Crippen LogP contribution is -2.62. The van der Waals surface area contributed by atoms with Crippen LogP contribution in [0.25, 0.3) is 0 Å². The fourth-order valence-corrected chi connectivity index (χ4v) is 5.95. The summed E-state index contributed by atoms with van der Waals surface area (Å²) in [5.41, 5.74) is -1.26. The molecule has 0 radical (unpaired) electrons. The van der Waals surface area contributed by atoms with Crippen molar-refractivity contribution in [3.05, 3.63) is 29.6 Å². The maximum absolute atomic E-state index is 13.5. The van der Waals surface area contributed by atoms with Gasteiger partial charge >= 0.3 is 6.18 Å². The van der Waals surface area contributed by atoms with E-state index < -0.39 is 17.2 Å². The zero-order valence-electron chi connectivity index (χ0n) is 17.3. The van der Waals surface area contributed by atoms with Crippen molar-refractivity contribution in [1.82, 2.24) is 9.88 Å². The number of carbonyl (C=O) groups is 1. The Morgan fingerprint density at radius 3 is 2.30 bits per heavy atom. The van der Waals surface area contributed by atoms with Gasteiger partial charge in [0.15, 0.2) is 0 Å². The average molecular weight is 422 g/mol. The van der Waals surface area contributed by atoms with Crippen LogP contribution in [0.5, 0.6) is 0 Å². The van der Waals surface area contributed by atoms with Gasteiger partial charge in [-0.25, -0.2) is 0 Å². The topological polar surface area (TPSA) is 53.4 Å². The standard InChI is InChI=1S/C23H29F3N2O2/c1-20(30)11-16(12-20)19(29)28-13-21(14-28)7-5-15(6-8-21)17-3-2-4-18(27-17)22(9-10-22)23(24,25)26/h2-4,15-16,30H,5-14H2,1H3/t16-,20+. The highest BCUT2D eigenvalue weighted by molar-refractivity contribution is 5.81. The normalized spacial score (nSPS) is 32.4. The van der Waals surface area contributed by atoms with Crippen LogP contribution in [0.2, 0.25) is 0 Å². The summed E-state index contributed by atoms with van der Waals surface area (Å²) in [6, 6.07) is 5.13. The first kappa shape index (κ1) is 20.3. The molecule has 1 aromatic heterocycles. The molecule has 1 aliphatic heterocycles. The lowest BCUT2D eigenvalue weighted by molar-refractivity contribution is -0.163. The average Bonchev–Trinajstić information content (AvgIpc) is 3.46. The Balaban J connectivity index is 1.18.